The third-order valence-corrected chi connectivity index (χ3v) is 1.21. The Balaban J connectivity index is 2.98. The summed E-state index contributed by atoms with van der Waals surface area (Å²) in [4.78, 5) is 23.4. The third kappa shape index (κ3) is 1.13. The summed E-state index contributed by atoms with van der Waals surface area (Å²) in [6.07, 6.45) is 0.673. The van der Waals surface area contributed by atoms with Crippen molar-refractivity contribution in [2.45, 2.75) is 6.92 Å². The zero-order chi connectivity index (χ0) is 7.56. The highest BCUT2D eigenvalue weighted by Crippen LogP contribution is 1.99. The van der Waals surface area contributed by atoms with Gasteiger partial charge in [0.15, 0.2) is 12.1 Å². The number of H-pyrrole nitrogens is 1. The second-order valence-corrected chi connectivity index (χ2v) is 2.00. The van der Waals surface area contributed by atoms with Gasteiger partial charge in [0.2, 0.25) is 0 Å². The molecular weight excluding hydrogens is 130 g/mol. The van der Waals surface area contributed by atoms with Crippen molar-refractivity contribution in [1.29, 1.82) is 0 Å². The Hall–Kier alpha value is -1.38. The molecule has 3 nitrogen and oxygen atoms in total. The zero-order valence-electron chi connectivity index (χ0n) is 5.55. The Bertz CT molecular complexity index is 262. The van der Waals surface area contributed by atoms with Gasteiger partial charge in [-0.25, -0.2) is 0 Å². The van der Waals surface area contributed by atoms with Gasteiger partial charge in [0, 0.05) is 6.92 Å². The first-order valence-corrected chi connectivity index (χ1v) is 2.89. The van der Waals surface area contributed by atoms with E-state index in [0.717, 1.165) is 0 Å². The smallest absolute Gasteiger partial charge is 0.175 e. The summed E-state index contributed by atoms with van der Waals surface area (Å²) in [5, 5.41) is 0. The van der Waals surface area contributed by atoms with Gasteiger partial charge < -0.3 is 4.98 Å². The average molecular weight is 137 g/mol. The van der Waals surface area contributed by atoms with E-state index in [0.29, 0.717) is 17.7 Å². The molecule has 0 saturated heterocycles. The molecule has 0 spiro atoms. The van der Waals surface area contributed by atoms with Crippen LogP contribution in [0.15, 0.2) is 12.1 Å². The number of hydrogen-bond donors (Lipinski definition) is 1. The molecule has 0 saturated carbocycles. The SMILES string of the molecule is CC(=O)c1ccc(C=O)[nH]1. The van der Waals surface area contributed by atoms with Crippen molar-refractivity contribution in [3.63, 3.8) is 0 Å². The number of rotatable bonds is 2. The minimum Gasteiger partial charge on any atom is -0.350 e. The van der Waals surface area contributed by atoms with Crippen LogP contribution >= 0.6 is 0 Å². The lowest BCUT2D eigenvalue weighted by Crippen LogP contribution is -1.91. The van der Waals surface area contributed by atoms with Crippen LogP contribution in [0.5, 0.6) is 0 Å². The second-order valence-electron chi connectivity index (χ2n) is 2.00. The third-order valence-electron chi connectivity index (χ3n) is 1.21. The summed E-state index contributed by atoms with van der Waals surface area (Å²) >= 11 is 0. The minimum atomic E-state index is -0.0619. The fourth-order valence-corrected chi connectivity index (χ4v) is 0.686. The van der Waals surface area contributed by atoms with Crippen molar-refractivity contribution in [2.24, 2.45) is 0 Å². The fraction of sp³-hybridized carbons (Fsp3) is 0.143. The molecule has 1 N–H and O–H groups in total. The Morgan fingerprint density at radius 1 is 1.60 bits per heavy atom. The number of carbonyl (C=O) groups is 2. The number of nitrogens with one attached hydrogen (secondary N) is 1. The summed E-state index contributed by atoms with van der Waals surface area (Å²) in [6.45, 7) is 1.44. The van der Waals surface area contributed by atoms with Gasteiger partial charge in [-0.3, -0.25) is 9.59 Å². The molecule has 52 valence electrons. The van der Waals surface area contributed by atoms with E-state index in [1.165, 1.54) is 6.92 Å². The molecule has 1 rings (SSSR count). The van der Waals surface area contributed by atoms with Crippen molar-refractivity contribution in [2.75, 3.05) is 0 Å². The monoisotopic (exact) mass is 137 g/mol. The first-order valence-electron chi connectivity index (χ1n) is 2.89. The van der Waals surface area contributed by atoms with Crippen molar-refractivity contribution in [3.05, 3.63) is 23.5 Å². The van der Waals surface area contributed by atoms with Crippen LogP contribution < -0.4 is 0 Å². The largest absolute Gasteiger partial charge is 0.350 e. The molecule has 0 aromatic carbocycles. The number of aromatic amines is 1. The van der Waals surface area contributed by atoms with Crippen molar-refractivity contribution in [3.8, 4) is 0 Å². The quantitative estimate of drug-likeness (QED) is 0.489. The summed E-state index contributed by atoms with van der Waals surface area (Å²) < 4.78 is 0. The lowest BCUT2D eigenvalue weighted by atomic mass is 10.3. The van der Waals surface area contributed by atoms with Gasteiger partial charge in [-0.05, 0) is 12.1 Å². The first kappa shape index (κ1) is 6.74. The minimum absolute atomic E-state index is 0.0619. The highest BCUT2D eigenvalue weighted by molar-refractivity contribution is 5.93. The molecule has 0 aliphatic carbocycles. The molecule has 3 heteroatoms. The van der Waals surface area contributed by atoms with Crippen molar-refractivity contribution in [1.82, 2.24) is 4.98 Å². The summed E-state index contributed by atoms with van der Waals surface area (Å²) in [7, 11) is 0. The Labute approximate surface area is 58.1 Å². The molecule has 0 radical (unpaired) electrons. The van der Waals surface area contributed by atoms with Crippen molar-refractivity contribution < 1.29 is 9.59 Å². The number of hydrogen-bond acceptors (Lipinski definition) is 2. The molecule has 0 amide bonds. The Morgan fingerprint density at radius 3 is 2.60 bits per heavy atom. The van der Waals surface area contributed by atoms with Gasteiger partial charge in [0.1, 0.15) is 0 Å². The van der Waals surface area contributed by atoms with Crippen LogP contribution in [-0.2, 0) is 0 Å². The molecule has 0 bridgehead atoms. The van der Waals surface area contributed by atoms with Gasteiger partial charge >= 0.3 is 0 Å². The normalized spacial score (nSPS) is 9.30. The van der Waals surface area contributed by atoms with Crippen LogP contribution in [-0.4, -0.2) is 17.1 Å². The van der Waals surface area contributed by atoms with E-state index in [-0.39, 0.29) is 5.78 Å². The lowest BCUT2D eigenvalue weighted by Gasteiger charge is -1.84. The van der Waals surface area contributed by atoms with Gasteiger partial charge in [-0.2, -0.15) is 0 Å². The number of aldehydes is 1. The van der Waals surface area contributed by atoms with Crippen LogP contribution in [0.1, 0.15) is 27.9 Å². The van der Waals surface area contributed by atoms with Gasteiger partial charge in [-0.15, -0.1) is 0 Å². The molecule has 0 fully saturated rings. The predicted molar refractivity (Wildman–Crippen MR) is 36.2 cm³/mol. The molecule has 0 atom stereocenters. The number of aromatic nitrogens is 1. The maximum atomic E-state index is 10.6. The highest BCUT2D eigenvalue weighted by Gasteiger charge is 2.00. The molecule has 0 aliphatic heterocycles. The predicted octanol–water partition coefficient (Wildman–Crippen LogP) is 1.03. The molecular formula is C7H7NO2. The molecule has 1 aromatic heterocycles. The maximum absolute atomic E-state index is 10.6. The van der Waals surface area contributed by atoms with E-state index in [2.05, 4.69) is 4.98 Å². The summed E-state index contributed by atoms with van der Waals surface area (Å²) in [5.74, 6) is -0.0619. The van der Waals surface area contributed by atoms with Crippen LogP contribution in [0.4, 0.5) is 0 Å². The topological polar surface area (TPSA) is 49.9 Å². The fourth-order valence-electron chi connectivity index (χ4n) is 0.686. The summed E-state index contributed by atoms with van der Waals surface area (Å²) in [6, 6.07) is 3.16. The summed E-state index contributed by atoms with van der Waals surface area (Å²) in [5.41, 5.74) is 0.910. The van der Waals surface area contributed by atoms with Crippen LogP contribution in [0.2, 0.25) is 0 Å². The van der Waals surface area contributed by atoms with Gasteiger partial charge in [0.25, 0.3) is 0 Å². The average Bonchev–Trinajstić information content (AvgIpc) is 2.34. The van der Waals surface area contributed by atoms with E-state index in [1.807, 2.05) is 0 Å². The number of carbonyl (C=O) groups excluding carboxylic acids is 2. The standard InChI is InChI=1S/C7H7NO2/c1-5(10)7-3-2-6(4-9)8-7/h2-4,8H,1H3. The molecule has 0 aliphatic rings. The zero-order valence-corrected chi connectivity index (χ0v) is 5.55. The van der Waals surface area contributed by atoms with Crippen molar-refractivity contribution >= 4 is 12.1 Å². The number of ketones is 1. The maximum Gasteiger partial charge on any atom is 0.175 e. The van der Waals surface area contributed by atoms with E-state index in [4.69, 9.17) is 0 Å². The first-order chi connectivity index (χ1) is 4.74. The van der Waals surface area contributed by atoms with E-state index in [1.54, 1.807) is 12.1 Å². The lowest BCUT2D eigenvalue weighted by molar-refractivity contribution is 0.101. The van der Waals surface area contributed by atoms with E-state index >= 15 is 0 Å². The highest BCUT2D eigenvalue weighted by atomic mass is 16.1. The van der Waals surface area contributed by atoms with Gasteiger partial charge in [0.05, 0.1) is 11.4 Å². The van der Waals surface area contributed by atoms with Crippen LogP contribution in [0.25, 0.3) is 0 Å². The van der Waals surface area contributed by atoms with E-state index < -0.39 is 0 Å². The molecule has 1 heterocycles. The van der Waals surface area contributed by atoms with Crippen LogP contribution in [0, 0.1) is 0 Å². The molecule has 1 aromatic rings. The van der Waals surface area contributed by atoms with Gasteiger partial charge in [-0.1, -0.05) is 0 Å². The number of Topliss-reactive ketones (excluding diaryl/α,β-unsaturated/α-hetero) is 1. The molecule has 10 heavy (non-hydrogen) atoms. The van der Waals surface area contributed by atoms with Crippen LogP contribution in [0.3, 0.4) is 0 Å². The Kier molecular flexibility index (Phi) is 1.67. The van der Waals surface area contributed by atoms with E-state index in [9.17, 15) is 9.59 Å². The molecule has 0 unspecified atom stereocenters. The second kappa shape index (κ2) is 2.47. The Morgan fingerprint density at radius 2 is 2.30 bits per heavy atom.